The molecule has 2 aliphatic heterocycles. The summed E-state index contributed by atoms with van der Waals surface area (Å²) in [7, 11) is 0. The average molecular weight is 462 g/mol. The molecule has 0 radical (unpaired) electrons. The van der Waals surface area contributed by atoms with Gasteiger partial charge < -0.3 is 26.2 Å². The van der Waals surface area contributed by atoms with Crippen molar-refractivity contribution in [2.75, 3.05) is 17.6 Å². The highest BCUT2D eigenvalue weighted by atomic mass is 32.1. The number of nitrogen functional groups attached to an aromatic ring is 1. The molecule has 0 fully saturated rings. The SMILES string of the molecule is Nc1nc2c(c(=O)[nH]1)CC(CCc1cc3c(s1)CN([C@@H](CCC(=O)O)C(=O)O)C3=O)CN2. The van der Waals surface area contributed by atoms with Crippen LogP contribution in [0.2, 0.25) is 0 Å². The standard InChI is InChI=1S/C20H23N5O6S/c21-20-23-16-12(17(28)24-20)5-9(7-22-16)1-2-10-6-11-14(32-10)8-25(18(11)29)13(19(30)31)3-4-15(26)27/h6,9,13H,1-5,7-8H2,(H,26,27)(H,30,31)(H4,21,22,23,24,28)/t9?,13-/m0/s1. The lowest BCUT2D eigenvalue weighted by atomic mass is 9.92. The van der Waals surface area contributed by atoms with Crippen LogP contribution in [-0.2, 0) is 29.0 Å². The fourth-order valence-electron chi connectivity index (χ4n) is 4.21. The molecule has 11 nitrogen and oxygen atoms in total. The summed E-state index contributed by atoms with van der Waals surface area (Å²) < 4.78 is 0. The number of aromatic amines is 1. The van der Waals surface area contributed by atoms with Crippen LogP contribution in [0.15, 0.2) is 10.9 Å². The average Bonchev–Trinajstić information content (AvgIpc) is 3.25. The Morgan fingerprint density at radius 1 is 1.34 bits per heavy atom. The van der Waals surface area contributed by atoms with Gasteiger partial charge in [-0.15, -0.1) is 11.3 Å². The number of rotatable bonds is 8. The highest BCUT2D eigenvalue weighted by Crippen LogP contribution is 2.34. The molecule has 2 atom stereocenters. The van der Waals surface area contributed by atoms with Crippen molar-refractivity contribution in [3.05, 3.63) is 37.3 Å². The Bertz CT molecular complexity index is 1140. The van der Waals surface area contributed by atoms with Crippen molar-refractivity contribution in [3.63, 3.8) is 0 Å². The van der Waals surface area contributed by atoms with E-state index in [2.05, 4.69) is 15.3 Å². The van der Waals surface area contributed by atoms with Crippen LogP contribution in [0.4, 0.5) is 11.8 Å². The number of carbonyl (C=O) groups is 3. The Labute approximate surface area is 186 Å². The number of H-pyrrole nitrogens is 1. The maximum absolute atomic E-state index is 12.8. The van der Waals surface area contributed by atoms with E-state index in [0.717, 1.165) is 22.6 Å². The van der Waals surface area contributed by atoms with Crippen LogP contribution >= 0.6 is 11.3 Å². The lowest BCUT2D eigenvalue weighted by Crippen LogP contribution is -2.41. The molecule has 4 rings (SSSR count). The molecule has 4 heterocycles. The predicted molar refractivity (Wildman–Crippen MR) is 116 cm³/mol. The lowest BCUT2D eigenvalue weighted by Gasteiger charge is -2.24. The minimum absolute atomic E-state index is 0.0830. The number of anilines is 2. The Morgan fingerprint density at radius 2 is 2.12 bits per heavy atom. The van der Waals surface area contributed by atoms with Gasteiger partial charge in [-0.25, -0.2) is 4.79 Å². The Balaban J connectivity index is 1.38. The minimum Gasteiger partial charge on any atom is -0.481 e. The molecule has 32 heavy (non-hydrogen) atoms. The second kappa shape index (κ2) is 8.61. The first kappa shape index (κ1) is 21.8. The number of carboxylic acid groups (broad SMARTS) is 2. The van der Waals surface area contributed by atoms with Gasteiger partial charge >= 0.3 is 11.9 Å². The van der Waals surface area contributed by atoms with Crippen molar-refractivity contribution in [1.29, 1.82) is 0 Å². The number of amides is 1. The van der Waals surface area contributed by atoms with Crippen LogP contribution < -0.4 is 16.6 Å². The van der Waals surface area contributed by atoms with E-state index in [0.29, 0.717) is 29.9 Å². The van der Waals surface area contributed by atoms with Crippen LogP contribution in [0.3, 0.4) is 0 Å². The summed E-state index contributed by atoms with van der Waals surface area (Å²) in [6.07, 6.45) is 1.68. The number of hydrogen-bond acceptors (Lipinski definition) is 8. The van der Waals surface area contributed by atoms with Crippen LogP contribution in [0.1, 0.15) is 44.9 Å². The van der Waals surface area contributed by atoms with Crippen molar-refractivity contribution in [3.8, 4) is 0 Å². The normalized spacial score (nSPS) is 18.1. The van der Waals surface area contributed by atoms with Gasteiger partial charge in [-0.3, -0.25) is 19.4 Å². The Hall–Kier alpha value is -3.41. The Kier molecular flexibility index (Phi) is 5.87. The zero-order valence-corrected chi connectivity index (χ0v) is 17.9. The van der Waals surface area contributed by atoms with E-state index < -0.39 is 18.0 Å². The van der Waals surface area contributed by atoms with Crippen LogP contribution in [0.25, 0.3) is 0 Å². The molecule has 0 aromatic carbocycles. The summed E-state index contributed by atoms with van der Waals surface area (Å²) in [5.41, 5.74) is 6.43. The van der Waals surface area contributed by atoms with Crippen molar-refractivity contribution >= 4 is 40.9 Å². The molecule has 0 saturated heterocycles. The molecule has 1 unspecified atom stereocenters. The second-order valence-electron chi connectivity index (χ2n) is 8.04. The molecule has 0 aliphatic carbocycles. The number of hydrogen-bond donors (Lipinski definition) is 5. The maximum Gasteiger partial charge on any atom is 0.326 e. The summed E-state index contributed by atoms with van der Waals surface area (Å²) in [5, 5.41) is 21.4. The van der Waals surface area contributed by atoms with Gasteiger partial charge in [0.15, 0.2) is 0 Å². The fraction of sp³-hybridized carbons (Fsp3) is 0.450. The van der Waals surface area contributed by atoms with Gasteiger partial charge in [0.2, 0.25) is 5.95 Å². The predicted octanol–water partition coefficient (Wildman–Crippen LogP) is 0.904. The van der Waals surface area contributed by atoms with E-state index in [4.69, 9.17) is 10.8 Å². The lowest BCUT2D eigenvalue weighted by molar-refractivity contribution is -0.143. The quantitative estimate of drug-likeness (QED) is 0.382. The van der Waals surface area contributed by atoms with Gasteiger partial charge in [0.1, 0.15) is 11.9 Å². The minimum atomic E-state index is -1.20. The monoisotopic (exact) mass is 461 g/mol. The third-order valence-electron chi connectivity index (χ3n) is 5.84. The largest absolute Gasteiger partial charge is 0.481 e. The summed E-state index contributed by atoms with van der Waals surface area (Å²) >= 11 is 1.47. The van der Waals surface area contributed by atoms with Crippen molar-refractivity contribution in [2.24, 2.45) is 5.92 Å². The number of aryl methyl sites for hydroxylation is 1. The van der Waals surface area contributed by atoms with Crippen molar-refractivity contribution < 1.29 is 24.6 Å². The number of thiophene rings is 1. The molecular formula is C20H23N5O6S. The van der Waals surface area contributed by atoms with Gasteiger partial charge in [-0.2, -0.15) is 4.98 Å². The molecule has 12 heteroatoms. The molecule has 0 bridgehead atoms. The van der Waals surface area contributed by atoms with E-state index in [-0.39, 0.29) is 42.7 Å². The number of nitrogens with one attached hydrogen (secondary N) is 2. The number of aromatic nitrogens is 2. The van der Waals surface area contributed by atoms with Crippen molar-refractivity contribution in [1.82, 2.24) is 14.9 Å². The summed E-state index contributed by atoms with van der Waals surface area (Å²) in [6, 6.07) is 0.647. The molecule has 170 valence electrons. The van der Waals surface area contributed by atoms with Crippen LogP contribution in [-0.4, -0.2) is 55.5 Å². The smallest absolute Gasteiger partial charge is 0.326 e. The number of aliphatic carboxylic acids is 2. The summed E-state index contributed by atoms with van der Waals surface area (Å²) in [4.78, 5) is 57.0. The summed E-state index contributed by atoms with van der Waals surface area (Å²) in [5.74, 6) is -1.83. The van der Waals surface area contributed by atoms with E-state index >= 15 is 0 Å². The highest BCUT2D eigenvalue weighted by Gasteiger charge is 2.38. The maximum atomic E-state index is 12.8. The number of carboxylic acids is 2. The van der Waals surface area contributed by atoms with Crippen LogP contribution in [0.5, 0.6) is 0 Å². The molecule has 2 aliphatic rings. The molecule has 0 saturated carbocycles. The second-order valence-corrected chi connectivity index (χ2v) is 9.26. The molecule has 6 N–H and O–H groups in total. The number of nitrogens with two attached hydrogens (primary N) is 1. The molecular weight excluding hydrogens is 438 g/mol. The first-order chi connectivity index (χ1) is 15.2. The van der Waals surface area contributed by atoms with E-state index in [1.54, 1.807) is 6.07 Å². The zero-order chi connectivity index (χ0) is 23.0. The fourth-order valence-corrected chi connectivity index (χ4v) is 5.39. The third-order valence-corrected chi connectivity index (χ3v) is 7.02. The van der Waals surface area contributed by atoms with E-state index in [1.165, 1.54) is 16.2 Å². The van der Waals surface area contributed by atoms with E-state index in [9.17, 15) is 24.3 Å². The number of carbonyl (C=O) groups excluding carboxylic acids is 1. The van der Waals surface area contributed by atoms with Gasteiger partial charge in [-0.05, 0) is 37.7 Å². The zero-order valence-electron chi connectivity index (χ0n) is 17.1. The first-order valence-corrected chi connectivity index (χ1v) is 11.0. The Morgan fingerprint density at radius 3 is 2.81 bits per heavy atom. The molecule has 1 amide bonds. The van der Waals surface area contributed by atoms with Gasteiger partial charge in [0.05, 0.1) is 17.7 Å². The highest BCUT2D eigenvalue weighted by molar-refractivity contribution is 7.12. The number of nitrogens with zero attached hydrogens (tertiary/aromatic N) is 2. The van der Waals surface area contributed by atoms with Crippen molar-refractivity contribution in [2.45, 2.75) is 44.7 Å². The van der Waals surface area contributed by atoms with Gasteiger partial charge in [0.25, 0.3) is 11.5 Å². The molecule has 2 aromatic heterocycles. The summed E-state index contributed by atoms with van der Waals surface area (Å²) in [6.45, 7) is 0.848. The number of fused-ring (bicyclic) bond motifs is 2. The van der Waals surface area contributed by atoms with Crippen LogP contribution in [0, 0.1) is 5.92 Å². The van der Waals surface area contributed by atoms with Gasteiger partial charge in [0, 0.05) is 22.7 Å². The van der Waals surface area contributed by atoms with E-state index in [1.807, 2.05) is 0 Å². The van der Waals surface area contributed by atoms with Gasteiger partial charge in [-0.1, -0.05) is 0 Å². The molecule has 2 aromatic rings. The first-order valence-electron chi connectivity index (χ1n) is 10.2. The topological polar surface area (TPSA) is 179 Å². The third kappa shape index (κ3) is 4.31. The molecule has 0 spiro atoms.